The number of carbonyl (C=O) groups is 2. The van der Waals surface area contributed by atoms with Crippen LogP contribution in [0.25, 0.3) is 11.0 Å². The molecule has 13 heteroatoms. The van der Waals surface area contributed by atoms with E-state index in [2.05, 4.69) is 5.32 Å². The molecule has 0 aliphatic heterocycles. The van der Waals surface area contributed by atoms with Gasteiger partial charge in [0.2, 0.25) is 5.91 Å². The highest BCUT2D eigenvalue weighted by Gasteiger charge is 2.41. The van der Waals surface area contributed by atoms with Gasteiger partial charge in [0, 0.05) is 43.7 Å². The first-order valence-electron chi connectivity index (χ1n) is 14.6. The molecule has 242 valence electrons. The van der Waals surface area contributed by atoms with Crippen molar-refractivity contribution in [3.8, 4) is 11.5 Å². The minimum absolute atomic E-state index is 0.00159. The second-order valence-electron chi connectivity index (χ2n) is 10.3. The highest BCUT2D eigenvalue weighted by atomic mass is 127. The summed E-state index contributed by atoms with van der Waals surface area (Å²) in [5.74, 6) is -0.599. The Kier molecular flexibility index (Phi) is 12.4. The molecule has 1 aliphatic carbocycles. The summed E-state index contributed by atoms with van der Waals surface area (Å²) in [5, 5.41) is 33.9. The van der Waals surface area contributed by atoms with Crippen LogP contribution in [0.4, 0.5) is 0 Å². The Morgan fingerprint density at radius 3 is 2.67 bits per heavy atom. The Hall–Kier alpha value is -3.50. The Morgan fingerprint density at radius 2 is 1.96 bits per heavy atom. The molecule has 0 radical (unpaired) electrons. The van der Waals surface area contributed by atoms with Crippen molar-refractivity contribution in [1.29, 1.82) is 0 Å². The van der Waals surface area contributed by atoms with E-state index >= 15 is 0 Å². The largest absolute Gasteiger partial charge is 0.493 e. The second kappa shape index (κ2) is 16.2. The van der Waals surface area contributed by atoms with Gasteiger partial charge in [-0.1, -0.05) is 18.2 Å². The van der Waals surface area contributed by atoms with Crippen molar-refractivity contribution in [2.45, 2.75) is 44.6 Å². The average molecular weight is 737 g/mol. The van der Waals surface area contributed by atoms with Crippen LogP contribution in [0.2, 0.25) is 0 Å². The summed E-state index contributed by atoms with van der Waals surface area (Å²) >= 11 is 2.02. The van der Waals surface area contributed by atoms with Crippen molar-refractivity contribution < 1.29 is 43.5 Å². The number of aliphatic hydroxyl groups excluding tert-OH is 3. The quantitative estimate of drug-likeness (QED) is 0.110. The van der Waals surface area contributed by atoms with Crippen LogP contribution < -0.4 is 20.4 Å². The number of nitrogens with one attached hydrogen (secondary N) is 1. The monoisotopic (exact) mass is 736 g/mol. The Balaban J connectivity index is 1.76. The molecule has 12 nitrogen and oxygen atoms in total. The van der Waals surface area contributed by atoms with E-state index in [1.165, 1.54) is 24.2 Å². The van der Waals surface area contributed by atoms with Gasteiger partial charge in [0.1, 0.15) is 23.4 Å². The molecule has 0 fully saturated rings. The topological polar surface area (TPSA) is 168 Å². The van der Waals surface area contributed by atoms with Gasteiger partial charge in [0.25, 0.3) is 5.91 Å². The SMILES string of the molecule is CCOCCCN(C(=O)c1cc2ccccc2oc1=O)C1CC(C(=O)NCCO)=CC(Oc2c(I)cc(CO)cc2OC)C1O. The van der Waals surface area contributed by atoms with Crippen molar-refractivity contribution in [3.05, 3.63) is 79.2 Å². The van der Waals surface area contributed by atoms with Gasteiger partial charge in [-0.3, -0.25) is 9.59 Å². The maximum atomic E-state index is 14.1. The lowest BCUT2D eigenvalue weighted by molar-refractivity contribution is -0.118. The predicted molar refractivity (Wildman–Crippen MR) is 173 cm³/mol. The molecule has 3 aromatic rings. The smallest absolute Gasteiger partial charge is 0.349 e. The lowest BCUT2D eigenvalue weighted by Gasteiger charge is -2.40. The number of aliphatic hydroxyl groups is 3. The first-order chi connectivity index (χ1) is 21.7. The first kappa shape index (κ1) is 34.4. The summed E-state index contributed by atoms with van der Waals surface area (Å²) in [6.07, 6.45) is -0.666. The number of hydrogen-bond acceptors (Lipinski definition) is 10. The van der Waals surface area contributed by atoms with Gasteiger partial charge in [-0.15, -0.1) is 0 Å². The van der Waals surface area contributed by atoms with E-state index in [4.69, 9.17) is 18.6 Å². The Morgan fingerprint density at radius 1 is 1.18 bits per heavy atom. The van der Waals surface area contributed by atoms with Crippen LogP contribution in [0.3, 0.4) is 0 Å². The van der Waals surface area contributed by atoms with E-state index in [-0.39, 0.29) is 49.6 Å². The van der Waals surface area contributed by atoms with Gasteiger partial charge in [0.05, 0.1) is 29.9 Å². The number of rotatable bonds is 14. The minimum atomic E-state index is -1.35. The van der Waals surface area contributed by atoms with E-state index in [1.54, 1.807) is 36.4 Å². The lowest BCUT2D eigenvalue weighted by Crippen LogP contribution is -2.56. The molecular formula is C32H37IN2O10. The summed E-state index contributed by atoms with van der Waals surface area (Å²) in [6.45, 7) is 2.23. The molecule has 3 unspecified atom stereocenters. The molecule has 0 bridgehead atoms. The molecule has 1 aliphatic rings. The minimum Gasteiger partial charge on any atom is -0.493 e. The molecule has 3 atom stereocenters. The molecule has 2 amide bonds. The third-order valence-corrected chi connectivity index (χ3v) is 8.17. The second-order valence-corrected chi connectivity index (χ2v) is 11.5. The molecule has 0 saturated heterocycles. The number of hydrogen-bond donors (Lipinski definition) is 4. The molecule has 0 saturated carbocycles. The van der Waals surface area contributed by atoms with Crippen molar-refractivity contribution in [2.24, 2.45) is 0 Å². The van der Waals surface area contributed by atoms with Crippen LogP contribution in [0.15, 0.2) is 63.3 Å². The van der Waals surface area contributed by atoms with Crippen LogP contribution >= 0.6 is 22.6 Å². The molecule has 45 heavy (non-hydrogen) atoms. The van der Waals surface area contributed by atoms with E-state index in [0.717, 1.165) is 0 Å². The maximum absolute atomic E-state index is 14.1. The molecule has 2 aromatic carbocycles. The molecule has 4 rings (SSSR count). The van der Waals surface area contributed by atoms with Crippen LogP contribution in [-0.2, 0) is 16.1 Å². The fourth-order valence-electron chi connectivity index (χ4n) is 5.16. The number of para-hydroxylation sites is 1. The number of ether oxygens (including phenoxy) is 3. The zero-order valence-electron chi connectivity index (χ0n) is 25.0. The number of halogens is 1. The molecule has 4 N–H and O–H groups in total. The highest BCUT2D eigenvalue weighted by Crippen LogP contribution is 2.37. The number of nitrogens with zero attached hydrogens (tertiary/aromatic N) is 1. The summed E-state index contributed by atoms with van der Waals surface area (Å²) in [4.78, 5) is 41.7. The van der Waals surface area contributed by atoms with Gasteiger partial charge >= 0.3 is 5.63 Å². The summed E-state index contributed by atoms with van der Waals surface area (Å²) in [5.41, 5.74) is 0.0934. The van der Waals surface area contributed by atoms with E-state index in [1.807, 2.05) is 29.5 Å². The Bertz CT molecular complexity index is 1590. The fourth-order valence-corrected chi connectivity index (χ4v) is 5.95. The molecular weight excluding hydrogens is 699 g/mol. The average Bonchev–Trinajstić information content (AvgIpc) is 3.04. The first-order valence-corrected chi connectivity index (χ1v) is 15.6. The van der Waals surface area contributed by atoms with Crippen LogP contribution in [0, 0.1) is 3.57 Å². The maximum Gasteiger partial charge on any atom is 0.349 e. The Labute approximate surface area is 273 Å². The summed E-state index contributed by atoms with van der Waals surface area (Å²) in [7, 11) is 1.44. The van der Waals surface area contributed by atoms with E-state index < -0.39 is 35.7 Å². The highest BCUT2D eigenvalue weighted by molar-refractivity contribution is 14.1. The number of carbonyl (C=O) groups excluding carboxylic acids is 2. The summed E-state index contributed by atoms with van der Waals surface area (Å²) < 4.78 is 23.3. The van der Waals surface area contributed by atoms with Gasteiger partial charge in [-0.05, 0) is 71.8 Å². The van der Waals surface area contributed by atoms with E-state index in [0.29, 0.717) is 45.5 Å². The van der Waals surface area contributed by atoms with Gasteiger partial charge in [-0.2, -0.15) is 0 Å². The van der Waals surface area contributed by atoms with Crippen LogP contribution in [-0.4, -0.2) is 90.3 Å². The third kappa shape index (κ3) is 8.21. The van der Waals surface area contributed by atoms with Gasteiger partial charge in [0.15, 0.2) is 11.5 Å². The molecule has 0 spiro atoms. The summed E-state index contributed by atoms with van der Waals surface area (Å²) in [6, 6.07) is 10.6. The number of amides is 2. The normalized spacial score (nSPS) is 17.9. The van der Waals surface area contributed by atoms with Crippen molar-refractivity contribution in [3.63, 3.8) is 0 Å². The van der Waals surface area contributed by atoms with Crippen molar-refractivity contribution in [1.82, 2.24) is 10.2 Å². The van der Waals surface area contributed by atoms with Gasteiger partial charge in [-0.25, -0.2) is 4.79 Å². The fraction of sp³-hybridized carbons (Fsp3) is 0.406. The lowest BCUT2D eigenvalue weighted by atomic mass is 9.87. The van der Waals surface area contributed by atoms with Crippen LogP contribution in [0.1, 0.15) is 35.7 Å². The molecule has 1 aromatic heterocycles. The zero-order valence-corrected chi connectivity index (χ0v) is 27.2. The van der Waals surface area contributed by atoms with Crippen molar-refractivity contribution in [2.75, 3.05) is 40.0 Å². The number of benzene rings is 2. The number of fused-ring (bicyclic) bond motifs is 1. The third-order valence-electron chi connectivity index (χ3n) is 7.36. The standard InChI is InChI=1S/C32H37IN2O10/c1-3-43-12-6-10-35(31(40)22-15-20-7-4-5-8-25(20)45-32(22)41)24-16-21(30(39)34-9-11-36)17-26(28(24)38)44-29-23(33)13-19(18-37)14-27(29)42-2/h4-5,7-8,13-15,17,24,26,28,36-38H,3,6,9-12,16,18H2,1-2H3,(H,34,39). The zero-order chi connectivity index (χ0) is 32.5. The predicted octanol–water partition coefficient (Wildman–Crippen LogP) is 2.38. The van der Waals surface area contributed by atoms with E-state index in [9.17, 15) is 29.7 Å². The number of methoxy groups -OCH3 is 1. The van der Waals surface area contributed by atoms with Crippen molar-refractivity contribution >= 4 is 45.4 Å². The van der Waals surface area contributed by atoms with Crippen LogP contribution in [0.5, 0.6) is 11.5 Å². The molecule has 1 heterocycles. The van der Waals surface area contributed by atoms with Gasteiger partial charge < -0.3 is 44.2 Å².